The van der Waals surface area contributed by atoms with Crippen molar-refractivity contribution in [3.63, 3.8) is 0 Å². The van der Waals surface area contributed by atoms with Gasteiger partial charge in [-0.1, -0.05) is 54.4 Å². The summed E-state index contributed by atoms with van der Waals surface area (Å²) in [6.07, 6.45) is 2.53. The van der Waals surface area contributed by atoms with Gasteiger partial charge in [-0.05, 0) is 50.5 Å². The Kier molecular flexibility index (Phi) is 7.68. The Morgan fingerprint density at radius 1 is 1.03 bits per heavy atom. The van der Waals surface area contributed by atoms with E-state index in [-0.39, 0.29) is 6.03 Å². The van der Waals surface area contributed by atoms with Crippen LogP contribution in [0.25, 0.3) is 0 Å². The maximum absolute atomic E-state index is 12.9. The number of benzene rings is 2. The van der Waals surface area contributed by atoms with Gasteiger partial charge in [0, 0.05) is 54.6 Å². The smallest absolute Gasteiger partial charge is 0.321 e. The molecule has 4 rings (SSSR count). The molecule has 2 aromatic carbocycles. The van der Waals surface area contributed by atoms with Gasteiger partial charge in [0.25, 0.3) is 0 Å². The topological polar surface area (TPSA) is 61.4 Å². The lowest BCUT2D eigenvalue weighted by atomic mass is 10.0. The Morgan fingerprint density at radius 3 is 2.56 bits per heavy atom. The number of urea groups is 1. The van der Waals surface area contributed by atoms with Crippen LogP contribution in [0.3, 0.4) is 0 Å². The second-order valence-corrected chi connectivity index (χ2v) is 9.24. The monoisotopic (exact) mass is 477 g/mol. The molecule has 0 unspecified atom stereocenters. The summed E-state index contributed by atoms with van der Waals surface area (Å²) < 4.78 is 0. The van der Waals surface area contributed by atoms with Crippen molar-refractivity contribution in [3.05, 3.63) is 81.8 Å². The number of carbonyl (C=O) groups is 1. The fourth-order valence-corrected chi connectivity index (χ4v) is 4.57. The zero-order chi connectivity index (χ0) is 24.1. The number of carbonyl (C=O) groups excluding carboxylic acids is 1. The Balaban J connectivity index is 1.53. The summed E-state index contributed by atoms with van der Waals surface area (Å²) in [5.41, 5.74) is 5.50. The van der Waals surface area contributed by atoms with Crippen molar-refractivity contribution in [1.29, 1.82) is 0 Å². The van der Waals surface area contributed by atoms with E-state index in [1.54, 1.807) is 12.1 Å². The highest BCUT2D eigenvalue weighted by atomic mass is 35.5. The van der Waals surface area contributed by atoms with E-state index < -0.39 is 0 Å². The van der Waals surface area contributed by atoms with E-state index in [0.29, 0.717) is 23.8 Å². The normalized spacial score (nSPS) is 14.1. The Labute approximate surface area is 207 Å². The molecule has 0 spiro atoms. The molecule has 1 saturated heterocycles. The highest BCUT2D eigenvalue weighted by Gasteiger charge is 2.23. The molecular weight excluding hydrogens is 446 g/mol. The van der Waals surface area contributed by atoms with Crippen molar-refractivity contribution in [3.8, 4) is 0 Å². The number of halogens is 1. The van der Waals surface area contributed by atoms with Gasteiger partial charge in [-0.25, -0.2) is 14.8 Å². The molecule has 0 radical (unpaired) electrons. The van der Waals surface area contributed by atoms with Crippen LogP contribution in [0.5, 0.6) is 0 Å². The number of anilines is 2. The van der Waals surface area contributed by atoms with E-state index in [1.807, 2.05) is 24.0 Å². The van der Waals surface area contributed by atoms with Crippen molar-refractivity contribution in [2.24, 2.45) is 0 Å². The van der Waals surface area contributed by atoms with Gasteiger partial charge in [0.15, 0.2) is 0 Å². The minimum absolute atomic E-state index is 0.0999. The molecule has 1 fully saturated rings. The molecule has 1 N–H and O–H groups in total. The molecule has 0 atom stereocenters. The SMILES string of the molecule is CCc1nc(C)nc(N2CCCN(C(=O)Nc3cccc(Cl)c3)CC2)c1Cc1ccc(C)cc1. The number of aromatic nitrogens is 2. The van der Waals surface area contributed by atoms with Crippen molar-refractivity contribution in [2.75, 3.05) is 36.4 Å². The van der Waals surface area contributed by atoms with Crippen LogP contribution in [-0.4, -0.2) is 47.1 Å². The molecule has 0 bridgehead atoms. The maximum atomic E-state index is 12.9. The summed E-state index contributed by atoms with van der Waals surface area (Å²) in [6.45, 7) is 9.11. The number of rotatable bonds is 5. The maximum Gasteiger partial charge on any atom is 0.321 e. The second-order valence-electron chi connectivity index (χ2n) is 8.80. The molecule has 3 aromatic rings. The van der Waals surface area contributed by atoms with Crippen molar-refractivity contribution in [1.82, 2.24) is 14.9 Å². The largest absolute Gasteiger partial charge is 0.354 e. The molecule has 2 heterocycles. The molecular formula is C27H32ClN5O. The van der Waals surface area contributed by atoms with Gasteiger partial charge in [-0.2, -0.15) is 0 Å². The molecule has 0 aliphatic carbocycles. The third-order valence-electron chi connectivity index (χ3n) is 6.18. The van der Waals surface area contributed by atoms with Gasteiger partial charge < -0.3 is 15.1 Å². The van der Waals surface area contributed by atoms with Gasteiger partial charge in [0.1, 0.15) is 11.6 Å². The van der Waals surface area contributed by atoms with E-state index in [9.17, 15) is 4.79 Å². The summed E-state index contributed by atoms with van der Waals surface area (Å²) in [7, 11) is 0. The van der Waals surface area contributed by atoms with Crippen LogP contribution in [0.1, 0.15) is 41.6 Å². The van der Waals surface area contributed by atoms with E-state index >= 15 is 0 Å². The van der Waals surface area contributed by atoms with Gasteiger partial charge in [0.2, 0.25) is 0 Å². The number of hydrogen-bond acceptors (Lipinski definition) is 4. The molecule has 1 aromatic heterocycles. The van der Waals surface area contributed by atoms with Gasteiger partial charge >= 0.3 is 6.03 Å². The number of hydrogen-bond donors (Lipinski definition) is 1. The minimum Gasteiger partial charge on any atom is -0.354 e. The molecule has 6 nitrogen and oxygen atoms in total. The lowest BCUT2D eigenvalue weighted by molar-refractivity contribution is 0.215. The Morgan fingerprint density at radius 2 is 1.82 bits per heavy atom. The zero-order valence-corrected chi connectivity index (χ0v) is 20.9. The molecule has 1 aliphatic heterocycles. The first-order chi connectivity index (χ1) is 16.4. The minimum atomic E-state index is -0.0999. The summed E-state index contributed by atoms with van der Waals surface area (Å²) in [5, 5.41) is 3.57. The van der Waals surface area contributed by atoms with Crippen LogP contribution in [0, 0.1) is 13.8 Å². The lowest BCUT2D eigenvalue weighted by Gasteiger charge is -2.26. The fourth-order valence-electron chi connectivity index (χ4n) is 4.38. The number of nitrogens with one attached hydrogen (secondary N) is 1. The molecule has 34 heavy (non-hydrogen) atoms. The van der Waals surface area contributed by atoms with Crippen LogP contribution in [0.4, 0.5) is 16.3 Å². The first kappa shape index (κ1) is 24.0. The average Bonchev–Trinajstić information content (AvgIpc) is 3.07. The molecule has 1 aliphatic rings. The third-order valence-corrected chi connectivity index (χ3v) is 6.41. The van der Waals surface area contributed by atoms with E-state index in [1.165, 1.54) is 16.7 Å². The van der Waals surface area contributed by atoms with Crippen molar-refractivity contribution < 1.29 is 4.79 Å². The quantitative estimate of drug-likeness (QED) is 0.516. The Hall–Kier alpha value is -3.12. The number of amides is 2. The van der Waals surface area contributed by atoms with Crippen LogP contribution in [0.2, 0.25) is 5.02 Å². The molecule has 2 amide bonds. The highest BCUT2D eigenvalue weighted by Crippen LogP contribution is 2.26. The molecule has 7 heteroatoms. The Bertz CT molecular complexity index is 1150. The van der Waals surface area contributed by atoms with E-state index in [0.717, 1.165) is 49.7 Å². The number of nitrogens with zero attached hydrogens (tertiary/aromatic N) is 4. The first-order valence-electron chi connectivity index (χ1n) is 11.9. The summed E-state index contributed by atoms with van der Waals surface area (Å²) in [5.74, 6) is 1.79. The highest BCUT2D eigenvalue weighted by molar-refractivity contribution is 6.30. The zero-order valence-electron chi connectivity index (χ0n) is 20.1. The van der Waals surface area contributed by atoms with Gasteiger partial charge in [-0.15, -0.1) is 0 Å². The average molecular weight is 478 g/mol. The second kappa shape index (κ2) is 10.9. The van der Waals surface area contributed by atoms with E-state index in [4.69, 9.17) is 21.6 Å². The summed E-state index contributed by atoms with van der Waals surface area (Å²) in [4.78, 5) is 26.7. The van der Waals surface area contributed by atoms with Crippen LogP contribution >= 0.6 is 11.6 Å². The lowest BCUT2D eigenvalue weighted by Crippen LogP contribution is -2.38. The molecule has 0 saturated carbocycles. The predicted molar refractivity (Wildman–Crippen MR) is 139 cm³/mol. The molecule has 178 valence electrons. The van der Waals surface area contributed by atoms with Gasteiger partial charge in [-0.3, -0.25) is 0 Å². The predicted octanol–water partition coefficient (Wildman–Crippen LogP) is 5.64. The summed E-state index contributed by atoms with van der Waals surface area (Å²) in [6, 6.07) is 15.8. The van der Waals surface area contributed by atoms with Gasteiger partial charge in [0.05, 0.1) is 0 Å². The van der Waals surface area contributed by atoms with E-state index in [2.05, 4.69) is 48.3 Å². The van der Waals surface area contributed by atoms with Crippen LogP contribution in [0.15, 0.2) is 48.5 Å². The third kappa shape index (κ3) is 5.86. The first-order valence-corrected chi connectivity index (χ1v) is 12.3. The number of aryl methyl sites for hydroxylation is 3. The van der Waals surface area contributed by atoms with Crippen molar-refractivity contribution in [2.45, 2.75) is 40.0 Å². The van der Waals surface area contributed by atoms with Crippen LogP contribution < -0.4 is 10.2 Å². The fraction of sp³-hybridized carbons (Fsp3) is 0.370. The summed E-state index contributed by atoms with van der Waals surface area (Å²) >= 11 is 6.06. The van der Waals surface area contributed by atoms with Crippen molar-refractivity contribution >= 4 is 29.1 Å². The standard InChI is InChI=1S/C27H32ClN5O/c1-4-25-24(17-21-11-9-19(2)10-12-21)26(30-20(3)29-25)32-13-6-14-33(16-15-32)27(34)31-23-8-5-7-22(28)18-23/h5,7-12,18H,4,6,13-17H2,1-3H3,(H,31,34). The van der Waals surface area contributed by atoms with Crippen LogP contribution in [-0.2, 0) is 12.8 Å².